The largest absolute Gasteiger partial charge is 0.322 e. The topological polar surface area (TPSA) is 49.4 Å². The highest BCUT2D eigenvalue weighted by molar-refractivity contribution is 8.00. The van der Waals surface area contributed by atoms with Crippen LogP contribution >= 0.6 is 11.8 Å². The number of benzene rings is 3. The molecule has 1 N–H and O–H groups in total. The molecule has 2 amide bonds. The minimum atomic E-state index is -0.144. The average Bonchev–Trinajstić information content (AvgIpc) is 3.20. The summed E-state index contributed by atoms with van der Waals surface area (Å²) in [4.78, 5) is 27.4. The van der Waals surface area contributed by atoms with E-state index in [1.54, 1.807) is 11.8 Å². The molecule has 0 radical (unpaired) electrons. The SMILES string of the molecule is CCc1ccc(N2C(=O)CSC2c2cccc(NC(=O)c3ccc(C(C)(C)C)cc3)c2)cc1. The van der Waals surface area contributed by atoms with Crippen LogP contribution < -0.4 is 10.2 Å². The fourth-order valence-corrected chi connectivity index (χ4v) is 5.10. The first kappa shape index (κ1) is 23.1. The third kappa shape index (κ3) is 5.14. The van der Waals surface area contributed by atoms with Gasteiger partial charge in [-0.1, -0.05) is 64.1 Å². The van der Waals surface area contributed by atoms with Crippen LogP contribution in [0.15, 0.2) is 72.8 Å². The number of aryl methyl sites for hydroxylation is 1. The van der Waals surface area contributed by atoms with Crippen LogP contribution in [0.4, 0.5) is 11.4 Å². The molecule has 4 rings (SSSR count). The summed E-state index contributed by atoms with van der Waals surface area (Å²) >= 11 is 1.61. The van der Waals surface area contributed by atoms with Gasteiger partial charge in [0.05, 0.1) is 5.75 Å². The first-order valence-corrected chi connectivity index (χ1v) is 12.4. The van der Waals surface area contributed by atoms with Gasteiger partial charge < -0.3 is 5.32 Å². The highest BCUT2D eigenvalue weighted by Gasteiger charge is 2.34. The second-order valence-electron chi connectivity index (χ2n) is 9.35. The molecule has 3 aromatic carbocycles. The minimum absolute atomic E-state index is 0.0441. The van der Waals surface area contributed by atoms with E-state index in [1.807, 2.05) is 65.6 Å². The Labute approximate surface area is 200 Å². The zero-order chi connectivity index (χ0) is 23.6. The lowest BCUT2D eigenvalue weighted by atomic mass is 9.87. The van der Waals surface area contributed by atoms with Crippen molar-refractivity contribution < 1.29 is 9.59 Å². The number of nitrogens with one attached hydrogen (secondary N) is 1. The number of carbonyl (C=O) groups is 2. The lowest BCUT2D eigenvalue weighted by Gasteiger charge is -2.25. The van der Waals surface area contributed by atoms with Crippen molar-refractivity contribution in [2.75, 3.05) is 16.0 Å². The zero-order valence-corrected chi connectivity index (χ0v) is 20.4. The van der Waals surface area contributed by atoms with Crippen molar-refractivity contribution in [3.8, 4) is 0 Å². The summed E-state index contributed by atoms with van der Waals surface area (Å²) in [6.07, 6.45) is 0.965. The summed E-state index contributed by atoms with van der Waals surface area (Å²) in [7, 11) is 0. The Morgan fingerprint density at radius 2 is 1.73 bits per heavy atom. The summed E-state index contributed by atoms with van der Waals surface area (Å²) in [6.45, 7) is 8.58. The number of rotatable bonds is 5. The molecular formula is C28H30N2O2S. The van der Waals surface area contributed by atoms with E-state index in [-0.39, 0.29) is 22.6 Å². The molecule has 3 aromatic rings. The Morgan fingerprint density at radius 1 is 1.03 bits per heavy atom. The lowest BCUT2D eigenvalue weighted by Crippen LogP contribution is -2.27. The summed E-state index contributed by atoms with van der Waals surface area (Å²) in [6, 6.07) is 23.7. The predicted molar refractivity (Wildman–Crippen MR) is 138 cm³/mol. The van der Waals surface area contributed by atoms with E-state index < -0.39 is 0 Å². The summed E-state index contributed by atoms with van der Waals surface area (Å²) in [5.41, 5.74) is 5.72. The quantitative estimate of drug-likeness (QED) is 0.470. The van der Waals surface area contributed by atoms with E-state index in [0.29, 0.717) is 11.3 Å². The van der Waals surface area contributed by atoms with Crippen LogP contribution in [0.25, 0.3) is 0 Å². The predicted octanol–water partition coefficient (Wildman–Crippen LogP) is 6.58. The Kier molecular flexibility index (Phi) is 6.61. The summed E-state index contributed by atoms with van der Waals surface area (Å²) in [5, 5.41) is 2.89. The molecule has 0 saturated carbocycles. The maximum atomic E-state index is 12.8. The molecule has 170 valence electrons. The van der Waals surface area contributed by atoms with Gasteiger partial charge in [0, 0.05) is 16.9 Å². The number of thioether (sulfide) groups is 1. The van der Waals surface area contributed by atoms with E-state index in [9.17, 15) is 9.59 Å². The molecule has 1 atom stereocenters. The van der Waals surface area contributed by atoms with Crippen molar-refractivity contribution in [3.05, 3.63) is 95.1 Å². The summed E-state index contributed by atoms with van der Waals surface area (Å²) < 4.78 is 0. The molecule has 1 heterocycles. The molecule has 1 unspecified atom stereocenters. The smallest absolute Gasteiger partial charge is 0.255 e. The maximum Gasteiger partial charge on any atom is 0.255 e. The molecule has 0 spiro atoms. The first-order valence-electron chi connectivity index (χ1n) is 11.3. The highest BCUT2D eigenvalue weighted by atomic mass is 32.2. The second kappa shape index (κ2) is 9.44. The monoisotopic (exact) mass is 458 g/mol. The van der Waals surface area contributed by atoms with Gasteiger partial charge in [-0.05, 0) is 64.9 Å². The van der Waals surface area contributed by atoms with Gasteiger partial charge in [0.1, 0.15) is 5.37 Å². The van der Waals surface area contributed by atoms with Crippen LogP contribution in [-0.4, -0.2) is 17.6 Å². The van der Waals surface area contributed by atoms with Crippen LogP contribution in [0, 0.1) is 0 Å². The Hall–Kier alpha value is -3.05. The number of anilines is 2. The summed E-state index contributed by atoms with van der Waals surface area (Å²) in [5.74, 6) is 0.397. The van der Waals surface area contributed by atoms with Crippen LogP contribution in [0.5, 0.6) is 0 Å². The van der Waals surface area contributed by atoms with Gasteiger partial charge in [0.25, 0.3) is 5.91 Å². The van der Waals surface area contributed by atoms with Gasteiger partial charge >= 0.3 is 0 Å². The molecule has 0 aromatic heterocycles. The van der Waals surface area contributed by atoms with Gasteiger partial charge in [-0.3, -0.25) is 14.5 Å². The molecule has 1 aliphatic rings. The molecule has 1 fully saturated rings. The molecular weight excluding hydrogens is 428 g/mol. The fraction of sp³-hybridized carbons (Fsp3) is 0.286. The normalized spacial score (nSPS) is 16.2. The Morgan fingerprint density at radius 3 is 2.36 bits per heavy atom. The van der Waals surface area contributed by atoms with Crippen molar-refractivity contribution >= 4 is 35.0 Å². The number of amides is 2. The van der Waals surface area contributed by atoms with Crippen molar-refractivity contribution in [1.29, 1.82) is 0 Å². The molecule has 1 aliphatic heterocycles. The van der Waals surface area contributed by atoms with E-state index in [0.717, 1.165) is 23.4 Å². The lowest BCUT2D eigenvalue weighted by molar-refractivity contribution is -0.115. The standard InChI is InChI=1S/C28H30N2O2S/c1-5-19-9-15-24(16-10-19)30-25(31)18-33-27(30)21-7-6-8-23(17-21)29-26(32)20-11-13-22(14-12-20)28(2,3)4/h6-17,27H,5,18H2,1-4H3,(H,29,32). The number of hydrogen-bond acceptors (Lipinski definition) is 3. The van der Waals surface area contributed by atoms with Gasteiger partial charge in [-0.15, -0.1) is 11.8 Å². The fourth-order valence-electron chi connectivity index (χ4n) is 3.94. The van der Waals surface area contributed by atoms with Crippen LogP contribution in [0.3, 0.4) is 0 Å². The second-order valence-corrected chi connectivity index (χ2v) is 10.4. The van der Waals surface area contributed by atoms with Gasteiger partial charge in [-0.2, -0.15) is 0 Å². The number of nitrogens with zero attached hydrogens (tertiary/aromatic N) is 1. The third-order valence-corrected chi connectivity index (χ3v) is 7.15. The average molecular weight is 459 g/mol. The van der Waals surface area contributed by atoms with E-state index in [1.165, 1.54) is 11.1 Å². The van der Waals surface area contributed by atoms with E-state index >= 15 is 0 Å². The van der Waals surface area contributed by atoms with Crippen molar-refractivity contribution in [1.82, 2.24) is 0 Å². The Bertz CT molecular complexity index is 1150. The van der Waals surface area contributed by atoms with Gasteiger partial charge in [-0.25, -0.2) is 0 Å². The first-order chi connectivity index (χ1) is 15.8. The highest BCUT2D eigenvalue weighted by Crippen LogP contribution is 2.42. The van der Waals surface area contributed by atoms with E-state index in [2.05, 4.69) is 45.1 Å². The molecule has 4 nitrogen and oxygen atoms in total. The van der Waals surface area contributed by atoms with Gasteiger partial charge in [0.15, 0.2) is 0 Å². The zero-order valence-electron chi connectivity index (χ0n) is 19.6. The molecule has 5 heteroatoms. The number of hydrogen-bond donors (Lipinski definition) is 1. The number of carbonyl (C=O) groups excluding carboxylic acids is 2. The van der Waals surface area contributed by atoms with Crippen LogP contribution in [0.1, 0.15) is 60.1 Å². The minimum Gasteiger partial charge on any atom is -0.322 e. The molecule has 33 heavy (non-hydrogen) atoms. The molecule has 0 bridgehead atoms. The van der Waals surface area contributed by atoms with Crippen LogP contribution in [-0.2, 0) is 16.6 Å². The maximum absolute atomic E-state index is 12.8. The molecule has 0 aliphatic carbocycles. The van der Waals surface area contributed by atoms with Crippen molar-refractivity contribution in [2.45, 2.75) is 44.9 Å². The van der Waals surface area contributed by atoms with E-state index in [4.69, 9.17) is 0 Å². The third-order valence-electron chi connectivity index (χ3n) is 5.93. The van der Waals surface area contributed by atoms with Gasteiger partial charge in [0.2, 0.25) is 5.91 Å². The van der Waals surface area contributed by atoms with Crippen molar-refractivity contribution in [3.63, 3.8) is 0 Å². The van der Waals surface area contributed by atoms with Crippen LogP contribution in [0.2, 0.25) is 0 Å². The molecule has 1 saturated heterocycles. The Balaban J connectivity index is 1.53. The van der Waals surface area contributed by atoms with Crippen molar-refractivity contribution in [2.24, 2.45) is 0 Å².